The summed E-state index contributed by atoms with van der Waals surface area (Å²) in [6.45, 7) is -1.01. The Kier molecular flexibility index (Phi) is 3.78. The largest absolute Gasteiger partial charge is 0.465 e. The topological polar surface area (TPSA) is 26.3 Å². The van der Waals surface area contributed by atoms with Gasteiger partial charge in [-0.05, 0) is 0 Å². The average molecular weight is 224 g/mol. The van der Waals surface area contributed by atoms with Crippen molar-refractivity contribution in [2.45, 2.75) is 19.3 Å². The fourth-order valence-corrected chi connectivity index (χ4v) is 0.575. The van der Waals surface area contributed by atoms with Crippen LogP contribution in [0.5, 0.6) is 0 Å². The molecule has 2 nitrogen and oxygen atoms in total. The van der Waals surface area contributed by atoms with Crippen LogP contribution in [0.3, 0.4) is 0 Å². The summed E-state index contributed by atoms with van der Waals surface area (Å²) in [5.74, 6) is -4.82. The normalized spacial score (nSPS) is 13.1. The van der Waals surface area contributed by atoms with Crippen molar-refractivity contribution in [3.05, 3.63) is 0 Å². The maximum Gasteiger partial charge on any atom is 0.403 e. The third-order valence-corrected chi connectivity index (χ3v) is 1.24. The van der Waals surface area contributed by atoms with Crippen LogP contribution in [-0.4, -0.2) is 24.9 Å². The Balaban J connectivity index is 4.51. The van der Waals surface area contributed by atoms with Crippen LogP contribution in [0.2, 0.25) is 0 Å². The van der Waals surface area contributed by atoms with E-state index in [9.17, 15) is 31.1 Å². The van der Waals surface area contributed by atoms with Gasteiger partial charge in [-0.2, -0.15) is 26.3 Å². The number of hydrogen-bond acceptors (Lipinski definition) is 2. The molecule has 0 aromatic rings. The first-order valence-corrected chi connectivity index (χ1v) is 3.32. The second-order valence-corrected chi connectivity index (χ2v) is 2.44. The molecule has 0 N–H and O–H groups in total. The minimum absolute atomic E-state index is 0.726. The molecule has 0 aliphatic carbocycles. The minimum atomic E-state index is -5.46. The zero-order chi connectivity index (χ0) is 11.6. The molecule has 0 saturated heterocycles. The summed E-state index contributed by atoms with van der Waals surface area (Å²) in [5.41, 5.74) is 0. The van der Waals surface area contributed by atoms with Crippen LogP contribution in [0.4, 0.5) is 26.3 Å². The number of alkyl halides is 6. The minimum Gasteiger partial charge on any atom is -0.465 e. The monoisotopic (exact) mass is 224 g/mol. The highest BCUT2D eigenvalue weighted by Gasteiger charge is 2.57. The van der Waals surface area contributed by atoms with Gasteiger partial charge in [-0.15, -0.1) is 0 Å². The number of hydrogen-bond donors (Lipinski definition) is 0. The van der Waals surface area contributed by atoms with Gasteiger partial charge in [0, 0.05) is 6.92 Å². The molecule has 8 heteroatoms. The lowest BCUT2D eigenvalue weighted by atomic mass is 10.1. The maximum absolute atomic E-state index is 11.8. The lowest BCUT2D eigenvalue weighted by Crippen LogP contribution is -2.40. The van der Waals surface area contributed by atoms with Gasteiger partial charge >= 0.3 is 18.3 Å². The molecule has 14 heavy (non-hydrogen) atoms. The summed E-state index contributed by atoms with van der Waals surface area (Å²) in [6.07, 6.45) is -10.9. The molecule has 0 spiro atoms. The molecule has 0 aliphatic heterocycles. The Morgan fingerprint density at radius 1 is 1.14 bits per heavy atom. The fraction of sp³-hybridized carbons (Fsp3) is 0.833. The molecule has 0 aliphatic rings. The smallest absolute Gasteiger partial charge is 0.403 e. The van der Waals surface area contributed by atoms with Gasteiger partial charge < -0.3 is 4.74 Å². The summed E-state index contributed by atoms with van der Waals surface area (Å²) >= 11 is 0. The molecule has 0 aromatic carbocycles. The van der Waals surface area contributed by atoms with Gasteiger partial charge in [-0.3, -0.25) is 4.79 Å². The zero-order valence-corrected chi connectivity index (χ0v) is 6.87. The predicted molar refractivity (Wildman–Crippen MR) is 32.2 cm³/mol. The van der Waals surface area contributed by atoms with Crippen molar-refractivity contribution in [2.24, 2.45) is 5.92 Å². The molecule has 0 unspecified atom stereocenters. The highest BCUT2D eigenvalue weighted by atomic mass is 19.4. The SMILES string of the molecule is CC(=O)OCC(C(F)(F)F)C(F)(F)F. The summed E-state index contributed by atoms with van der Waals surface area (Å²) < 4.78 is 74.2. The van der Waals surface area contributed by atoms with Crippen molar-refractivity contribution >= 4 is 5.97 Å². The molecular weight excluding hydrogens is 218 g/mol. The van der Waals surface area contributed by atoms with Crippen molar-refractivity contribution in [1.29, 1.82) is 0 Å². The highest BCUT2D eigenvalue weighted by Crippen LogP contribution is 2.39. The third-order valence-electron chi connectivity index (χ3n) is 1.24. The average Bonchev–Trinajstić information content (AvgIpc) is 1.78. The summed E-state index contributed by atoms with van der Waals surface area (Å²) in [4.78, 5) is 10.0. The van der Waals surface area contributed by atoms with Gasteiger partial charge in [0.2, 0.25) is 0 Å². The van der Waals surface area contributed by atoms with Crippen molar-refractivity contribution in [2.75, 3.05) is 6.61 Å². The van der Waals surface area contributed by atoms with Gasteiger partial charge in [0.15, 0.2) is 5.92 Å². The molecule has 0 amide bonds. The molecule has 84 valence electrons. The number of ether oxygens (including phenoxy) is 1. The number of rotatable bonds is 2. The molecule has 0 heterocycles. The number of esters is 1. The van der Waals surface area contributed by atoms with Crippen LogP contribution < -0.4 is 0 Å². The summed E-state index contributed by atoms with van der Waals surface area (Å²) in [7, 11) is 0. The highest BCUT2D eigenvalue weighted by molar-refractivity contribution is 5.65. The van der Waals surface area contributed by atoms with Crippen molar-refractivity contribution in [1.82, 2.24) is 0 Å². The van der Waals surface area contributed by atoms with E-state index in [1.54, 1.807) is 0 Å². The lowest BCUT2D eigenvalue weighted by molar-refractivity contribution is -0.292. The predicted octanol–water partition coefficient (Wildman–Crippen LogP) is 2.29. The van der Waals surface area contributed by atoms with Gasteiger partial charge in [0.05, 0.1) is 0 Å². The van der Waals surface area contributed by atoms with E-state index in [1.807, 2.05) is 0 Å². The molecule has 0 atom stereocenters. The van der Waals surface area contributed by atoms with Crippen LogP contribution in [0, 0.1) is 5.92 Å². The first kappa shape index (κ1) is 13.0. The van der Waals surface area contributed by atoms with Crippen LogP contribution in [-0.2, 0) is 9.53 Å². The van der Waals surface area contributed by atoms with Crippen LogP contribution >= 0.6 is 0 Å². The Morgan fingerprint density at radius 3 is 1.71 bits per heavy atom. The second-order valence-electron chi connectivity index (χ2n) is 2.44. The molecule has 0 saturated carbocycles. The Bertz CT molecular complexity index is 191. The van der Waals surface area contributed by atoms with Gasteiger partial charge in [-0.1, -0.05) is 0 Å². The van der Waals surface area contributed by atoms with Crippen molar-refractivity contribution < 1.29 is 35.9 Å². The maximum atomic E-state index is 11.8. The molecule has 0 rings (SSSR count). The molecule has 0 radical (unpaired) electrons. The second kappa shape index (κ2) is 4.05. The zero-order valence-electron chi connectivity index (χ0n) is 6.87. The van der Waals surface area contributed by atoms with E-state index in [4.69, 9.17) is 0 Å². The van der Waals surface area contributed by atoms with E-state index >= 15 is 0 Å². The van der Waals surface area contributed by atoms with Gasteiger partial charge in [-0.25, -0.2) is 0 Å². The Hall–Kier alpha value is -0.950. The Labute approximate surface area is 74.8 Å². The van der Waals surface area contributed by atoms with Gasteiger partial charge in [0.1, 0.15) is 6.61 Å². The first-order valence-electron chi connectivity index (χ1n) is 3.32. The van der Waals surface area contributed by atoms with Crippen LogP contribution in [0.1, 0.15) is 6.92 Å². The van der Waals surface area contributed by atoms with Crippen LogP contribution in [0.15, 0.2) is 0 Å². The van der Waals surface area contributed by atoms with E-state index in [0.717, 1.165) is 6.92 Å². The fourth-order valence-electron chi connectivity index (χ4n) is 0.575. The van der Waals surface area contributed by atoms with Crippen molar-refractivity contribution in [3.8, 4) is 0 Å². The molecule has 0 fully saturated rings. The van der Waals surface area contributed by atoms with Crippen LogP contribution in [0.25, 0.3) is 0 Å². The number of carbonyl (C=O) groups excluding carboxylic acids is 1. The molecular formula is C6H6F6O2. The van der Waals surface area contributed by atoms with E-state index in [-0.39, 0.29) is 0 Å². The van der Waals surface area contributed by atoms with E-state index in [0.29, 0.717) is 0 Å². The molecule has 0 bridgehead atoms. The summed E-state index contributed by atoms with van der Waals surface area (Å²) in [6, 6.07) is 0. The number of carbonyl (C=O) groups is 1. The summed E-state index contributed by atoms with van der Waals surface area (Å²) in [5, 5.41) is 0. The third kappa shape index (κ3) is 4.33. The quantitative estimate of drug-likeness (QED) is 0.531. The first-order chi connectivity index (χ1) is 6.05. The van der Waals surface area contributed by atoms with E-state index in [2.05, 4.69) is 4.74 Å². The Morgan fingerprint density at radius 2 is 1.50 bits per heavy atom. The van der Waals surface area contributed by atoms with E-state index < -0.39 is 30.8 Å². The van der Waals surface area contributed by atoms with Gasteiger partial charge in [0.25, 0.3) is 0 Å². The standard InChI is InChI=1S/C6H6F6O2/c1-3(13)14-2-4(5(7,8)9)6(10,11)12/h4H,2H2,1H3. The number of halogens is 6. The molecule has 0 aromatic heterocycles. The van der Waals surface area contributed by atoms with E-state index in [1.165, 1.54) is 0 Å². The van der Waals surface area contributed by atoms with Crippen molar-refractivity contribution in [3.63, 3.8) is 0 Å². The lowest BCUT2D eigenvalue weighted by Gasteiger charge is -2.21.